The molecule has 0 radical (unpaired) electrons. The second kappa shape index (κ2) is 5.12. The first-order valence-corrected chi connectivity index (χ1v) is 6.98. The lowest BCUT2D eigenvalue weighted by Crippen LogP contribution is -2.14. The average molecular weight is 301 g/mol. The molecule has 8 heteroatoms. The highest BCUT2D eigenvalue weighted by atomic mass is 35.5. The highest BCUT2D eigenvalue weighted by Crippen LogP contribution is 2.15. The van der Waals surface area contributed by atoms with Gasteiger partial charge in [-0.15, -0.1) is 0 Å². The predicted molar refractivity (Wildman–Crippen MR) is 67.8 cm³/mol. The number of carbonyl (C=O) groups excluding carboxylic acids is 1. The third kappa shape index (κ3) is 3.01. The van der Waals surface area contributed by atoms with E-state index in [9.17, 15) is 13.2 Å². The van der Waals surface area contributed by atoms with Crippen molar-refractivity contribution in [3.63, 3.8) is 0 Å². The number of hydrogen-bond donors (Lipinski definition) is 1. The summed E-state index contributed by atoms with van der Waals surface area (Å²) >= 11 is 5.36. The molecule has 0 saturated carbocycles. The van der Waals surface area contributed by atoms with E-state index in [-0.39, 0.29) is 12.2 Å². The minimum atomic E-state index is -4.53. The molecular weight excluding hydrogens is 292 g/mol. The Labute approximate surface area is 114 Å². The third-order valence-corrected chi connectivity index (χ3v) is 3.42. The van der Waals surface area contributed by atoms with E-state index < -0.39 is 20.5 Å². The second-order valence-electron chi connectivity index (χ2n) is 3.75. The molecule has 1 heterocycles. The topological polar surface area (TPSA) is 89.3 Å². The molecule has 6 nitrogen and oxygen atoms in total. The highest BCUT2D eigenvalue weighted by Gasteiger charge is 2.23. The SMILES string of the molecule is O=C(Cl)c1cnc(S(=O)(=O)O)n1Cc1ccccc1. The van der Waals surface area contributed by atoms with Crippen LogP contribution in [0.1, 0.15) is 16.1 Å². The van der Waals surface area contributed by atoms with Crippen LogP contribution in [0.25, 0.3) is 0 Å². The van der Waals surface area contributed by atoms with E-state index in [2.05, 4.69) is 4.98 Å². The van der Waals surface area contributed by atoms with Crippen molar-refractivity contribution in [3.05, 3.63) is 47.8 Å². The summed E-state index contributed by atoms with van der Waals surface area (Å²) in [4.78, 5) is 14.7. The molecule has 19 heavy (non-hydrogen) atoms. The van der Waals surface area contributed by atoms with Gasteiger partial charge in [0, 0.05) is 0 Å². The largest absolute Gasteiger partial charge is 0.328 e. The molecule has 0 saturated heterocycles. The molecule has 100 valence electrons. The van der Waals surface area contributed by atoms with Crippen LogP contribution in [-0.4, -0.2) is 27.8 Å². The fourth-order valence-electron chi connectivity index (χ4n) is 1.64. The average Bonchev–Trinajstić information content (AvgIpc) is 2.74. The minimum absolute atomic E-state index is 0.0593. The number of halogens is 1. The molecule has 0 atom stereocenters. The molecular formula is C11H9ClN2O4S. The molecule has 2 rings (SSSR count). The maximum absolute atomic E-state index is 11.2. The molecule has 1 aromatic heterocycles. The van der Waals surface area contributed by atoms with Crippen molar-refractivity contribution in [1.82, 2.24) is 9.55 Å². The van der Waals surface area contributed by atoms with E-state index >= 15 is 0 Å². The first kappa shape index (κ1) is 13.7. The van der Waals surface area contributed by atoms with Gasteiger partial charge in [-0.05, 0) is 17.2 Å². The Balaban J connectivity index is 2.53. The Morgan fingerprint density at radius 1 is 1.32 bits per heavy atom. The first-order valence-electron chi connectivity index (χ1n) is 5.16. The summed E-state index contributed by atoms with van der Waals surface area (Å²) in [6.07, 6.45) is 1.02. The fraction of sp³-hybridized carbons (Fsp3) is 0.0909. The van der Waals surface area contributed by atoms with E-state index in [4.69, 9.17) is 16.2 Å². The summed E-state index contributed by atoms with van der Waals surface area (Å²) in [6, 6.07) is 8.82. The number of hydrogen-bond acceptors (Lipinski definition) is 4. The molecule has 0 spiro atoms. The lowest BCUT2D eigenvalue weighted by molar-refractivity contribution is 0.107. The van der Waals surface area contributed by atoms with E-state index in [0.29, 0.717) is 0 Å². The highest BCUT2D eigenvalue weighted by molar-refractivity contribution is 7.85. The predicted octanol–water partition coefficient (Wildman–Crippen LogP) is 1.56. The van der Waals surface area contributed by atoms with Gasteiger partial charge in [-0.25, -0.2) is 4.98 Å². The van der Waals surface area contributed by atoms with Crippen LogP contribution in [0.4, 0.5) is 0 Å². The number of nitrogens with zero attached hydrogens (tertiary/aromatic N) is 2. The molecule has 0 unspecified atom stereocenters. The number of benzene rings is 1. The lowest BCUT2D eigenvalue weighted by atomic mass is 10.2. The second-order valence-corrected chi connectivity index (χ2v) is 5.41. The minimum Gasteiger partial charge on any atom is -0.305 e. The van der Waals surface area contributed by atoms with Gasteiger partial charge >= 0.3 is 10.1 Å². The lowest BCUT2D eigenvalue weighted by Gasteiger charge is -2.08. The number of imidazole rings is 1. The quantitative estimate of drug-likeness (QED) is 0.683. The molecule has 0 fully saturated rings. The van der Waals surface area contributed by atoms with Gasteiger partial charge in [0.25, 0.3) is 10.4 Å². The zero-order valence-electron chi connectivity index (χ0n) is 9.52. The van der Waals surface area contributed by atoms with Crippen LogP contribution in [-0.2, 0) is 16.7 Å². The van der Waals surface area contributed by atoms with Gasteiger partial charge in [0.05, 0.1) is 12.7 Å². The van der Waals surface area contributed by atoms with Crippen molar-refractivity contribution in [2.75, 3.05) is 0 Å². The van der Waals surface area contributed by atoms with Crippen molar-refractivity contribution >= 4 is 27.0 Å². The monoisotopic (exact) mass is 300 g/mol. The maximum Gasteiger partial charge on any atom is 0.328 e. The fourth-order valence-corrected chi connectivity index (χ4v) is 2.42. The Morgan fingerprint density at radius 2 is 1.95 bits per heavy atom. The van der Waals surface area contributed by atoms with Gasteiger partial charge in [0.1, 0.15) is 5.69 Å². The van der Waals surface area contributed by atoms with Crippen LogP contribution in [0, 0.1) is 0 Å². The Morgan fingerprint density at radius 3 is 2.47 bits per heavy atom. The number of rotatable bonds is 4. The molecule has 0 amide bonds. The van der Waals surface area contributed by atoms with Crippen molar-refractivity contribution in [3.8, 4) is 0 Å². The van der Waals surface area contributed by atoms with E-state index in [1.807, 2.05) is 0 Å². The first-order chi connectivity index (χ1) is 8.89. The molecule has 1 N–H and O–H groups in total. The van der Waals surface area contributed by atoms with Crippen LogP contribution < -0.4 is 0 Å². The van der Waals surface area contributed by atoms with Gasteiger partial charge < -0.3 is 4.57 Å². The molecule has 1 aromatic carbocycles. The summed E-state index contributed by atoms with van der Waals surface area (Å²) in [6.45, 7) is 0.0593. The van der Waals surface area contributed by atoms with Gasteiger partial charge in [0.15, 0.2) is 0 Å². The van der Waals surface area contributed by atoms with Crippen LogP contribution in [0.2, 0.25) is 0 Å². The number of carbonyl (C=O) groups is 1. The normalized spacial score (nSPS) is 11.5. The molecule has 2 aromatic rings. The smallest absolute Gasteiger partial charge is 0.305 e. The third-order valence-electron chi connectivity index (χ3n) is 2.43. The van der Waals surface area contributed by atoms with Crippen molar-refractivity contribution in [2.45, 2.75) is 11.7 Å². The van der Waals surface area contributed by atoms with Gasteiger partial charge in [-0.1, -0.05) is 30.3 Å². The molecule has 0 aliphatic rings. The van der Waals surface area contributed by atoms with E-state index in [1.54, 1.807) is 30.3 Å². The zero-order chi connectivity index (χ0) is 14.0. The molecule has 0 bridgehead atoms. The summed E-state index contributed by atoms with van der Waals surface area (Å²) in [5, 5.41) is -1.46. The van der Waals surface area contributed by atoms with Crippen molar-refractivity contribution in [2.24, 2.45) is 0 Å². The van der Waals surface area contributed by atoms with Gasteiger partial charge in [-0.3, -0.25) is 9.35 Å². The Kier molecular flexibility index (Phi) is 3.70. The Bertz CT molecular complexity index is 710. The van der Waals surface area contributed by atoms with Crippen molar-refractivity contribution < 1.29 is 17.8 Å². The standard InChI is InChI=1S/C11H9ClN2O4S/c12-10(15)9-6-13-11(19(16,17)18)14(9)7-8-4-2-1-3-5-8/h1-6H,7H2,(H,16,17,18). The zero-order valence-corrected chi connectivity index (χ0v) is 11.1. The Hall–Kier alpha value is -1.70. The van der Waals surface area contributed by atoms with Crippen LogP contribution in [0.15, 0.2) is 41.7 Å². The van der Waals surface area contributed by atoms with Crippen LogP contribution >= 0.6 is 11.6 Å². The summed E-state index contributed by atoms with van der Waals surface area (Å²) in [5.74, 6) is 0. The van der Waals surface area contributed by atoms with E-state index in [1.165, 1.54) is 0 Å². The summed E-state index contributed by atoms with van der Waals surface area (Å²) in [7, 11) is -4.53. The van der Waals surface area contributed by atoms with Gasteiger partial charge in [0.2, 0.25) is 0 Å². The number of aromatic nitrogens is 2. The summed E-state index contributed by atoms with van der Waals surface area (Å²) < 4.78 is 32.5. The van der Waals surface area contributed by atoms with E-state index in [0.717, 1.165) is 16.3 Å². The van der Waals surface area contributed by atoms with Crippen LogP contribution in [0.3, 0.4) is 0 Å². The van der Waals surface area contributed by atoms with Crippen LogP contribution in [0.5, 0.6) is 0 Å². The van der Waals surface area contributed by atoms with Crippen molar-refractivity contribution in [1.29, 1.82) is 0 Å². The van der Waals surface area contributed by atoms with Gasteiger partial charge in [-0.2, -0.15) is 8.42 Å². The molecule has 0 aliphatic carbocycles. The molecule has 0 aliphatic heterocycles. The maximum atomic E-state index is 11.2. The summed E-state index contributed by atoms with van der Waals surface area (Å²) in [5.41, 5.74) is 0.641.